The largest absolute Gasteiger partial charge is 0.489 e. The van der Waals surface area contributed by atoms with E-state index in [-0.39, 0.29) is 0 Å². The minimum atomic E-state index is -1.00. The van der Waals surface area contributed by atoms with Gasteiger partial charge in [-0.15, -0.1) is 0 Å². The first kappa shape index (κ1) is 15.4. The highest BCUT2D eigenvalue weighted by atomic mass is 35.5. The van der Waals surface area contributed by atoms with Gasteiger partial charge in [-0.05, 0) is 41.8 Å². The van der Waals surface area contributed by atoms with Crippen LogP contribution in [-0.2, 0) is 17.8 Å². The third-order valence-electron chi connectivity index (χ3n) is 2.99. The molecule has 0 aliphatic rings. The van der Waals surface area contributed by atoms with Crippen molar-refractivity contribution in [1.29, 1.82) is 0 Å². The Kier molecular flexibility index (Phi) is 5.20. The summed E-state index contributed by atoms with van der Waals surface area (Å²) in [6.45, 7) is 0.425. The van der Waals surface area contributed by atoms with Crippen LogP contribution >= 0.6 is 11.6 Å². The predicted molar refractivity (Wildman–Crippen MR) is 81.5 cm³/mol. The summed E-state index contributed by atoms with van der Waals surface area (Å²) < 4.78 is 5.65. The maximum Gasteiger partial charge on any atom is 0.320 e. The van der Waals surface area contributed by atoms with Crippen molar-refractivity contribution in [2.45, 2.75) is 19.1 Å². The molecule has 0 amide bonds. The predicted octanol–water partition coefficient (Wildman–Crippen LogP) is 2.87. The summed E-state index contributed by atoms with van der Waals surface area (Å²) >= 11 is 5.91. The molecule has 0 unspecified atom stereocenters. The van der Waals surface area contributed by atoms with Crippen LogP contribution in [0.2, 0.25) is 5.02 Å². The fourth-order valence-corrected chi connectivity index (χ4v) is 2.07. The van der Waals surface area contributed by atoms with Crippen LogP contribution in [0.3, 0.4) is 0 Å². The van der Waals surface area contributed by atoms with E-state index in [1.807, 2.05) is 36.4 Å². The Morgan fingerprint density at radius 3 is 2.52 bits per heavy atom. The first-order valence-corrected chi connectivity index (χ1v) is 6.87. The molecule has 4 nitrogen and oxygen atoms in total. The van der Waals surface area contributed by atoms with Crippen molar-refractivity contribution in [2.75, 3.05) is 0 Å². The van der Waals surface area contributed by atoms with Crippen molar-refractivity contribution < 1.29 is 14.6 Å². The Morgan fingerprint density at radius 2 is 1.90 bits per heavy atom. The van der Waals surface area contributed by atoms with Gasteiger partial charge in [0.05, 0.1) is 0 Å². The quantitative estimate of drug-likeness (QED) is 0.860. The fourth-order valence-electron chi connectivity index (χ4n) is 1.86. The molecule has 0 saturated heterocycles. The molecule has 0 aliphatic heterocycles. The van der Waals surface area contributed by atoms with E-state index in [9.17, 15) is 4.79 Å². The van der Waals surface area contributed by atoms with Crippen LogP contribution in [-0.4, -0.2) is 17.1 Å². The molecule has 5 heteroatoms. The van der Waals surface area contributed by atoms with Gasteiger partial charge >= 0.3 is 5.97 Å². The lowest BCUT2D eigenvalue weighted by molar-refractivity contribution is -0.138. The standard InChI is InChI=1S/C16H16ClNO3/c17-13-3-1-2-12(8-13)10-21-14-6-4-11(5-7-14)9-15(18)16(19)20/h1-8,15H,9-10,18H2,(H,19,20)/t15-/m0/s1. The molecular formula is C16H16ClNO3. The number of carboxylic acids is 1. The molecule has 0 aromatic heterocycles. The Bertz CT molecular complexity index is 613. The number of hydrogen-bond acceptors (Lipinski definition) is 3. The Morgan fingerprint density at radius 1 is 1.19 bits per heavy atom. The number of aliphatic carboxylic acids is 1. The van der Waals surface area contributed by atoms with Gasteiger partial charge in [0, 0.05) is 5.02 Å². The molecule has 0 saturated carbocycles. The first-order valence-electron chi connectivity index (χ1n) is 6.49. The second-order valence-corrected chi connectivity index (χ2v) is 5.15. The van der Waals surface area contributed by atoms with Gasteiger partial charge in [-0.1, -0.05) is 35.9 Å². The van der Waals surface area contributed by atoms with Crippen molar-refractivity contribution >= 4 is 17.6 Å². The molecule has 2 aromatic rings. The highest BCUT2D eigenvalue weighted by Gasteiger charge is 2.11. The van der Waals surface area contributed by atoms with Crippen LogP contribution in [0.5, 0.6) is 5.75 Å². The second kappa shape index (κ2) is 7.11. The third-order valence-corrected chi connectivity index (χ3v) is 3.23. The molecule has 0 aliphatic carbocycles. The van der Waals surface area contributed by atoms with Crippen molar-refractivity contribution in [2.24, 2.45) is 5.73 Å². The summed E-state index contributed by atoms with van der Waals surface area (Å²) in [6, 6.07) is 13.8. The average molecular weight is 306 g/mol. The number of nitrogens with two attached hydrogens (primary N) is 1. The number of rotatable bonds is 6. The highest BCUT2D eigenvalue weighted by Crippen LogP contribution is 2.16. The molecule has 3 N–H and O–H groups in total. The van der Waals surface area contributed by atoms with E-state index in [2.05, 4.69) is 0 Å². The summed E-state index contributed by atoms with van der Waals surface area (Å²) in [5.74, 6) is -0.293. The van der Waals surface area contributed by atoms with E-state index in [0.717, 1.165) is 11.1 Å². The SMILES string of the molecule is N[C@@H](Cc1ccc(OCc2cccc(Cl)c2)cc1)C(=O)O. The van der Waals surface area contributed by atoms with Gasteiger partial charge in [-0.25, -0.2) is 0 Å². The number of carboxylic acid groups (broad SMARTS) is 1. The molecule has 2 rings (SSSR count). The monoisotopic (exact) mass is 305 g/mol. The van der Waals surface area contributed by atoms with Crippen molar-refractivity contribution in [3.63, 3.8) is 0 Å². The van der Waals surface area contributed by atoms with Crippen LogP contribution in [0.25, 0.3) is 0 Å². The third kappa shape index (κ3) is 4.77. The smallest absolute Gasteiger partial charge is 0.320 e. The first-order chi connectivity index (χ1) is 10.0. The van der Waals surface area contributed by atoms with Crippen molar-refractivity contribution in [3.8, 4) is 5.75 Å². The number of carbonyl (C=O) groups is 1. The summed E-state index contributed by atoms with van der Waals surface area (Å²) in [4.78, 5) is 10.7. The Labute approximate surface area is 128 Å². The molecule has 0 bridgehead atoms. The molecule has 1 atom stereocenters. The van der Waals surface area contributed by atoms with E-state index in [4.69, 9.17) is 27.2 Å². The van der Waals surface area contributed by atoms with E-state index in [1.54, 1.807) is 12.1 Å². The molecule has 0 fully saturated rings. The van der Waals surface area contributed by atoms with Gasteiger partial charge in [0.15, 0.2) is 0 Å². The number of benzene rings is 2. The lowest BCUT2D eigenvalue weighted by Crippen LogP contribution is -2.32. The number of ether oxygens (including phenoxy) is 1. The molecule has 0 heterocycles. The average Bonchev–Trinajstić information content (AvgIpc) is 2.46. The maximum atomic E-state index is 10.7. The molecular weight excluding hydrogens is 290 g/mol. The number of halogens is 1. The summed E-state index contributed by atoms with van der Waals surface area (Å²) in [5.41, 5.74) is 7.34. The normalized spacial score (nSPS) is 11.9. The molecule has 110 valence electrons. The van der Waals surface area contributed by atoms with E-state index in [0.29, 0.717) is 23.8 Å². The van der Waals surface area contributed by atoms with E-state index in [1.165, 1.54) is 0 Å². The molecule has 21 heavy (non-hydrogen) atoms. The molecule has 0 spiro atoms. The van der Waals surface area contributed by atoms with Crippen molar-refractivity contribution in [1.82, 2.24) is 0 Å². The van der Waals surface area contributed by atoms with Gasteiger partial charge in [0.2, 0.25) is 0 Å². The van der Waals surface area contributed by atoms with Crippen LogP contribution in [0, 0.1) is 0 Å². The van der Waals surface area contributed by atoms with E-state index < -0.39 is 12.0 Å². The zero-order valence-corrected chi connectivity index (χ0v) is 12.1. The minimum Gasteiger partial charge on any atom is -0.489 e. The van der Waals surface area contributed by atoms with Crippen molar-refractivity contribution in [3.05, 3.63) is 64.7 Å². The van der Waals surface area contributed by atoms with Crippen LogP contribution in [0.15, 0.2) is 48.5 Å². The van der Waals surface area contributed by atoms with Gasteiger partial charge in [-0.3, -0.25) is 4.79 Å². The summed E-state index contributed by atoms with van der Waals surface area (Å²) in [7, 11) is 0. The minimum absolute atomic E-state index is 0.296. The van der Waals surface area contributed by atoms with E-state index >= 15 is 0 Å². The lowest BCUT2D eigenvalue weighted by atomic mass is 10.1. The maximum absolute atomic E-state index is 10.7. The lowest BCUT2D eigenvalue weighted by Gasteiger charge is -2.09. The molecule has 0 radical (unpaired) electrons. The van der Waals surface area contributed by atoms with Gasteiger partial charge in [-0.2, -0.15) is 0 Å². The van der Waals surface area contributed by atoms with Crippen LogP contribution in [0.1, 0.15) is 11.1 Å². The highest BCUT2D eigenvalue weighted by molar-refractivity contribution is 6.30. The number of hydrogen-bond donors (Lipinski definition) is 2. The van der Waals surface area contributed by atoms with Gasteiger partial charge < -0.3 is 15.6 Å². The Balaban J connectivity index is 1.92. The topological polar surface area (TPSA) is 72.5 Å². The summed E-state index contributed by atoms with van der Waals surface area (Å²) in [6.07, 6.45) is 0.296. The Hall–Kier alpha value is -2.04. The van der Waals surface area contributed by atoms with Crippen LogP contribution < -0.4 is 10.5 Å². The van der Waals surface area contributed by atoms with Gasteiger partial charge in [0.1, 0.15) is 18.4 Å². The second-order valence-electron chi connectivity index (χ2n) is 4.71. The fraction of sp³-hybridized carbons (Fsp3) is 0.188. The summed E-state index contributed by atoms with van der Waals surface area (Å²) in [5, 5.41) is 9.45. The zero-order chi connectivity index (χ0) is 15.2. The zero-order valence-electron chi connectivity index (χ0n) is 11.3. The molecule has 2 aromatic carbocycles. The van der Waals surface area contributed by atoms with Crippen LogP contribution in [0.4, 0.5) is 0 Å². The van der Waals surface area contributed by atoms with Gasteiger partial charge in [0.25, 0.3) is 0 Å².